The molecular formula is C14H19NO3S. The summed E-state index contributed by atoms with van der Waals surface area (Å²) in [4.78, 5) is 25.1. The van der Waals surface area contributed by atoms with Crippen molar-refractivity contribution >= 4 is 23.7 Å². The second kappa shape index (κ2) is 5.33. The van der Waals surface area contributed by atoms with E-state index >= 15 is 0 Å². The number of hydrogen-bond donors (Lipinski definition) is 1. The van der Waals surface area contributed by atoms with Crippen molar-refractivity contribution in [2.45, 2.75) is 51.7 Å². The quantitative estimate of drug-likeness (QED) is 0.866. The van der Waals surface area contributed by atoms with Crippen molar-refractivity contribution in [3.05, 3.63) is 21.4 Å². The van der Waals surface area contributed by atoms with Gasteiger partial charge in [-0.15, -0.1) is 11.3 Å². The number of carbonyl (C=O) groups excluding carboxylic acids is 2. The van der Waals surface area contributed by atoms with Crippen LogP contribution in [-0.4, -0.2) is 18.0 Å². The normalized spacial score (nSPS) is 15.7. The van der Waals surface area contributed by atoms with Gasteiger partial charge < -0.3 is 14.8 Å². The number of carbonyl (C=O) groups is 2. The number of hydrogen-bond acceptors (Lipinski definition) is 4. The van der Waals surface area contributed by atoms with Crippen molar-refractivity contribution in [1.82, 2.24) is 5.32 Å². The van der Waals surface area contributed by atoms with Crippen LogP contribution in [0.2, 0.25) is 0 Å². The van der Waals surface area contributed by atoms with E-state index in [-0.39, 0.29) is 0 Å². The highest BCUT2D eigenvalue weighted by Gasteiger charge is 2.23. The van der Waals surface area contributed by atoms with Crippen molar-refractivity contribution < 1.29 is 14.3 Å². The van der Waals surface area contributed by atoms with Gasteiger partial charge in [0.15, 0.2) is 0 Å². The fourth-order valence-electron chi connectivity index (χ4n) is 2.11. The molecule has 0 aromatic carbocycles. The number of nitrogens with one attached hydrogen (secondary N) is 1. The number of fused-ring (bicyclic) bond motifs is 1. The Hall–Kier alpha value is -1.36. The number of aryl methyl sites for hydroxylation is 2. The van der Waals surface area contributed by atoms with Gasteiger partial charge in [-0.05, 0) is 51.7 Å². The molecule has 19 heavy (non-hydrogen) atoms. The van der Waals surface area contributed by atoms with Gasteiger partial charge in [-0.1, -0.05) is 0 Å². The Bertz CT molecular complexity index is 466. The van der Waals surface area contributed by atoms with Crippen LogP contribution in [0.15, 0.2) is 6.07 Å². The molecule has 0 saturated carbocycles. The summed E-state index contributed by atoms with van der Waals surface area (Å²) >= 11 is 1.61. The summed E-state index contributed by atoms with van der Waals surface area (Å²) in [7, 11) is 0. The zero-order valence-corrected chi connectivity index (χ0v) is 12.3. The number of thiophene rings is 1. The van der Waals surface area contributed by atoms with E-state index in [1.165, 1.54) is 16.9 Å². The van der Waals surface area contributed by atoms with Crippen molar-refractivity contribution in [1.29, 1.82) is 0 Å². The molecule has 1 aromatic heterocycles. The molecule has 104 valence electrons. The van der Waals surface area contributed by atoms with E-state index in [1.807, 2.05) is 6.07 Å². The van der Waals surface area contributed by atoms with Gasteiger partial charge in [-0.2, -0.15) is 0 Å². The van der Waals surface area contributed by atoms with Crippen LogP contribution in [0, 0.1) is 0 Å². The lowest BCUT2D eigenvalue weighted by atomic mass is 10.2. The Kier molecular flexibility index (Phi) is 3.94. The van der Waals surface area contributed by atoms with Gasteiger partial charge in [-0.3, -0.25) is 0 Å². The molecule has 1 N–H and O–H groups in total. The standard InChI is InChI=1S/C14H19NO3S/c1-14(2,3)18-13(17)15-10(8-16)12-7-9-5-4-6-11(9)19-12/h7-8,10H,4-6H2,1-3H3,(H,15,17). The van der Waals surface area contributed by atoms with Gasteiger partial charge in [0, 0.05) is 9.75 Å². The molecular weight excluding hydrogens is 262 g/mol. The minimum Gasteiger partial charge on any atom is -0.444 e. The molecule has 0 saturated heterocycles. The molecule has 0 bridgehead atoms. The third-order valence-corrected chi connectivity index (χ3v) is 4.20. The highest BCUT2D eigenvalue weighted by atomic mass is 32.1. The Morgan fingerprint density at radius 2 is 2.21 bits per heavy atom. The average Bonchev–Trinajstić information content (AvgIpc) is 2.82. The number of aldehydes is 1. The minimum absolute atomic E-state index is 0.557. The summed E-state index contributed by atoms with van der Waals surface area (Å²) in [5.41, 5.74) is 0.757. The van der Waals surface area contributed by atoms with E-state index in [0.717, 1.165) is 24.0 Å². The first-order valence-electron chi connectivity index (χ1n) is 6.45. The summed E-state index contributed by atoms with van der Waals surface area (Å²) < 4.78 is 5.16. The van der Waals surface area contributed by atoms with Crippen LogP contribution in [0.25, 0.3) is 0 Å². The number of rotatable bonds is 3. The van der Waals surface area contributed by atoms with Crippen molar-refractivity contribution in [3.63, 3.8) is 0 Å². The Morgan fingerprint density at radius 1 is 1.47 bits per heavy atom. The topological polar surface area (TPSA) is 55.4 Å². The van der Waals surface area contributed by atoms with E-state index < -0.39 is 17.7 Å². The fourth-order valence-corrected chi connectivity index (χ4v) is 3.38. The molecule has 1 heterocycles. The van der Waals surface area contributed by atoms with Gasteiger partial charge in [0.2, 0.25) is 0 Å². The van der Waals surface area contributed by atoms with E-state index in [9.17, 15) is 9.59 Å². The maximum absolute atomic E-state index is 11.7. The lowest BCUT2D eigenvalue weighted by molar-refractivity contribution is -0.109. The second-order valence-electron chi connectivity index (χ2n) is 5.71. The smallest absolute Gasteiger partial charge is 0.408 e. The van der Waals surface area contributed by atoms with Crippen molar-refractivity contribution in [2.75, 3.05) is 0 Å². The lowest BCUT2D eigenvalue weighted by Crippen LogP contribution is -2.35. The summed E-state index contributed by atoms with van der Waals surface area (Å²) in [6, 6.07) is 1.43. The third kappa shape index (κ3) is 3.56. The van der Waals surface area contributed by atoms with E-state index in [4.69, 9.17) is 4.74 Å². The van der Waals surface area contributed by atoms with Gasteiger partial charge in [0.05, 0.1) is 0 Å². The minimum atomic E-state index is -0.606. The van der Waals surface area contributed by atoms with Gasteiger partial charge in [0.25, 0.3) is 0 Å². The molecule has 4 nitrogen and oxygen atoms in total. The molecule has 1 aromatic rings. The van der Waals surface area contributed by atoms with Crippen LogP contribution in [0.3, 0.4) is 0 Å². The monoisotopic (exact) mass is 281 g/mol. The molecule has 0 aliphatic heterocycles. The van der Waals surface area contributed by atoms with Crippen LogP contribution in [0.1, 0.15) is 48.6 Å². The predicted molar refractivity (Wildman–Crippen MR) is 74.5 cm³/mol. The van der Waals surface area contributed by atoms with Crippen LogP contribution in [-0.2, 0) is 22.4 Å². The number of ether oxygens (including phenoxy) is 1. The molecule has 0 radical (unpaired) electrons. The molecule has 0 fully saturated rings. The molecule has 1 aliphatic carbocycles. The maximum atomic E-state index is 11.7. The molecule has 1 aliphatic rings. The number of amides is 1. The molecule has 1 amide bonds. The second-order valence-corrected chi connectivity index (χ2v) is 6.88. The largest absolute Gasteiger partial charge is 0.444 e. The first kappa shape index (κ1) is 14.1. The summed E-state index contributed by atoms with van der Waals surface area (Å²) in [5.74, 6) is 0. The average molecular weight is 281 g/mol. The highest BCUT2D eigenvalue weighted by molar-refractivity contribution is 7.12. The van der Waals surface area contributed by atoms with Gasteiger partial charge in [-0.25, -0.2) is 4.79 Å². The van der Waals surface area contributed by atoms with E-state index in [2.05, 4.69) is 5.32 Å². The Labute approximate surface area is 117 Å². The summed E-state index contributed by atoms with van der Waals surface area (Å²) in [6.45, 7) is 5.38. The van der Waals surface area contributed by atoms with Gasteiger partial charge >= 0.3 is 6.09 Å². The van der Waals surface area contributed by atoms with Crippen LogP contribution >= 0.6 is 11.3 Å². The van der Waals surface area contributed by atoms with Crippen molar-refractivity contribution in [2.24, 2.45) is 0 Å². The predicted octanol–water partition coefficient (Wildman–Crippen LogP) is 3.00. The fraction of sp³-hybridized carbons (Fsp3) is 0.571. The highest BCUT2D eigenvalue weighted by Crippen LogP contribution is 2.33. The first-order chi connectivity index (χ1) is 8.89. The first-order valence-corrected chi connectivity index (χ1v) is 7.27. The summed E-state index contributed by atoms with van der Waals surface area (Å²) in [6.07, 6.45) is 3.54. The third-order valence-electron chi connectivity index (χ3n) is 2.88. The molecule has 1 atom stereocenters. The zero-order chi connectivity index (χ0) is 14.0. The SMILES string of the molecule is CC(C)(C)OC(=O)NC(C=O)c1cc2c(s1)CCC2. The lowest BCUT2D eigenvalue weighted by Gasteiger charge is -2.21. The van der Waals surface area contributed by atoms with Crippen LogP contribution in [0.5, 0.6) is 0 Å². The van der Waals surface area contributed by atoms with E-state index in [1.54, 1.807) is 32.1 Å². The Balaban J connectivity index is 2.03. The van der Waals surface area contributed by atoms with Crippen molar-refractivity contribution in [3.8, 4) is 0 Å². The maximum Gasteiger partial charge on any atom is 0.408 e. The van der Waals surface area contributed by atoms with Crippen LogP contribution < -0.4 is 5.32 Å². The zero-order valence-electron chi connectivity index (χ0n) is 11.5. The summed E-state index contributed by atoms with van der Waals surface area (Å²) in [5, 5.41) is 2.61. The van der Waals surface area contributed by atoms with Gasteiger partial charge in [0.1, 0.15) is 17.9 Å². The molecule has 0 spiro atoms. The Morgan fingerprint density at radius 3 is 2.79 bits per heavy atom. The molecule has 2 rings (SSSR count). The van der Waals surface area contributed by atoms with E-state index in [0.29, 0.717) is 0 Å². The molecule has 1 unspecified atom stereocenters. The molecule has 5 heteroatoms. The van der Waals surface area contributed by atoms with Crippen LogP contribution in [0.4, 0.5) is 4.79 Å². The number of alkyl carbamates (subject to hydrolysis) is 1.